The lowest BCUT2D eigenvalue weighted by atomic mass is 10.2. The van der Waals surface area contributed by atoms with E-state index in [2.05, 4.69) is 4.98 Å². The van der Waals surface area contributed by atoms with Gasteiger partial charge in [0.15, 0.2) is 17.1 Å². The van der Waals surface area contributed by atoms with Crippen LogP contribution < -0.4 is 9.47 Å². The minimum Gasteiger partial charge on any atom is -0.493 e. The second-order valence-electron chi connectivity index (χ2n) is 5.52. The van der Waals surface area contributed by atoms with Crippen molar-refractivity contribution in [1.29, 1.82) is 0 Å². The van der Waals surface area contributed by atoms with Gasteiger partial charge in [0.05, 0.1) is 30.0 Å². The van der Waals surface area contributed by atoms with Crippen molar-refractivity contribution in [2.24, 2.45) is 0 Å². The van der Waals surface area contributed by atoms with E-state index in [1.54, 1.807) is 61.4 Å². The summed E-state index contributed by atoms with van der Waals surface area (Å²) in [5.74, 6) is 0.696. The van der Waals surface area contributed by atoms with Crippen molar-refractivity contribution in [3.8, 4) is 11.5 Å². The highest BCUT2D eigenvalue weighted by atomic mass is 35.5. The molecule has 27 heavy (non-hydrogen) atoms. The van der Waals surface area contributed by atoms with Gasteiger partial charge in [-0.3, -0.25) is 0 Å². The lowest BCUT2D eigenvalue weighted by molar-refractivity contribution is -0.139. The zero-order valence-electron chi connectivity index (χ0n) is 14.6. The van der Waals surface area contributed by atoms with Gasteiger partial charge in [-0.2, -0.15) is 0 Å². The highest BCUT2D eigenvalue weighted by Crippen LogP contribution is 2.28. The number of nitrogens with zero attached hydrogens (tertiary/aromatic N) is 2. The summed E-state index contributed by atoms with van der Waals surface area (Å²) in [4.78, 5) is 16.3. The second-order valence-corrected chi connectivity index (χ2v) is 6.37. The second kappa shape index (κ2) is 8.33. The van der Waals surface area contributed by atoms with Gasteiger partial charge in [0.1, 0.15) is 6.61 Å². The van der Waals surface area contributed by atoms with Gasteiger partial charge in [0.25, 0.3) is 0 Å². The number of fused-ring (bicyclic) bond motifs is 1. The van der Waals surface area contributed by atoms with Gasteiger partial charge < -0.3 is 18.6 Å². The van der Waals surface area contributed by atoms with E-state index in [9.17, 15) is 4.79 Å². The molecule has 140 valence electrons. The SMILES string of the molecule is COc1ccc(C=CC(=O)OCc2cn3cc(Cl)cc(Cl)c3n2)cc1OC. The summed E-state index contributed by atoms with van der Waals surface area (Å²) in [6.07, 6.45) is 6.35. The van der Waals surface area contributed by atoms with Crippen molar-refractivity contribution in [3.05, 3.63) is 64.0 Å². The molecule has 0 spiro atoms. The highest BCUT2D eigenvalue weighted by Gasteiger charge is 2.09. The smallest absolute Gasteiger partial charge is 0.331 e. The topological polar surface area (TPSA) is 62.1 Å². The van der Waals surface area contributed by atoms with E-state index in [1.165, 1.54) is 6.08 Å². The molecule has 0 aliphatic heterocycles. The molecule has 3 rings (SSSR count). The molecule has 2 aromatic heterocycles. The van der Waals surface area contributed by atoms with Crippen LogP contribution in [0.15, 0.2) is 42.7 Å². The fourth-order valence-corrected chi connectivity index (χ4v) is 2.99. The number of benzene rings is 1. The number of esters is 1. The number of hydrogen-bond donors (Lipinski definition) is 0. The maximum Gasteiger partial charge on any atom is 0.331 e. The first-order valence-electron chi connectivity index (χ1n) is 7.89. The Hall–Kier alpha value is -2.70. The number of carbonyl (C=O) groups excluding carboxylic acids is 1. The minimum atomic E-state index is -0.494. The predicted molar refractivity (Wildman–Crippen MR) is 104 cm³/mol. The summed E-state index contributed by atoms with van der Waals surface area (Å²) in [6, 6.07) is 6.93. The maximum atomic E-state index is 12.0. The first-order chi connectivity index (χ1) is 13.0. The van der Waals surface area contributed by atoms with E-state index in [-0.39, 0.29) is 6.61 Å². The van der Waals surface area contributed by atoms with E-state index in [4.69, 9.17) is 37.4 Å². The summed E-state index contributed by atoms with van der Waals surface area (Å²) in [6.45, 7) is 0.0186. The van der Waals surface area contributed by atoms with E-state index in [1.807, 2.05) is 0 Å². The lowest BCUT2D eigenvalue weighted by Gasteiger charge is -2.07. The molecule has 0 N–H and O–H groups in total. The van der Waals surface area contributed by atoms with Crippen LogP contribution in [0.2, 0.25) is 10.0 Å². The van der Waals surface area contributed by atoms with Crippen molar-refractivity contribution in [2.45, 2.75) is 6.61 Å². The maximum absolute atomic E-state index is 12.0. The number of ether oxygens (including phenoxy) is 3. The molecule has 0 unspecified atom stereocenters. The summed E-state index contributed by atoms with van der Waals surface area (Å²) in [7, 11) is 3.11. The Balaban J connectivity index is 1.64. The Labute approximate surface area is 165 Å². The van der Waals surface area contributed by atoms with Crippen molar-refractivity contribution in [1.82, 2.24) is 9.38 Å². The van der Waals surface area contributed by atoms with E-state index < -0.39 is 5.97 Å². The first kappa shape index (κ1) is 19.1. The van der Waals surface area contributed by atoms with E-state index in [0.717, 1.165) is 5.56 Å². The number of rotatable bonds is 6. The average Bonchev–Trinajstić information content (AvgIpc) is 3.07. The van der Waals surface area contributed by atoms with E-state index in [0.29, 0.717) is 32.9 Å². The summed E-state index contributed by atoms with van der Waals surface area (Å²) >= 11 is 12.1. The third-order valence-electron chi connectivity index (χ3n) is 3.70. The molecule has 3 aromatic rings. The Morgan fingerprint density at radius 2 is 1.93 bits per heavy atom. The van der Waals surface area contributed by atoms with Crippen LogP contribution in [0.1, 0.15) is 11.3 Å². The summed E-state index contributed by atoms with van der Waals surface area (Å²) in [5.41, 5.74) is 1.89. The normalized spacial score (nSPS) is 11.1. The number of imidazole rings is 1. The highest BCUT2D eigenvalue weighted by molar-refractivity contribution is 6.36. The van der Waals surface area contributed by atoms with Gasteiger partial charge in [-0.05, 0) is 29.8 Å². The van der Waals surface area contributed by atoms with Gasteiger partial charge in [-0.25, -0.2) is 9.78 Å². The Morgan fingerprint density at radius 3 is 2.67 bits per heavy atom. The molecular weight excluding hydrogens is 391 g/mol. The van der Waals surface area contributed by atoms with Crippen LogP contribution in [0.5, 0.6) is 11.5 Å². The number of pyridine rings is 1. The monoisotopic (exact) mass is 406 g/mol. The quantitative estimate of drug-likeness (QED) is 0.447. The first-order valence-corrected chi connectivity index (χ1v) is 8.65. The Morgan fingerprint density at radius 1 is 1.15 bits per heavy atom. The van der Waals surface area contributed by atoms with Crippen LogP contribution in [0.4, 0.5) is 0 Å². The van der Waals surface area contributed by atoms with Crippen molar-refractivity contribution in [2.75, 3.05) is 14.2 Å². The third kappa shape index (κ3) is 4.53. The number of aromatic nitrogens is 2. The molecule has 0 fully saturated rings. The zero-order chi connectivity index (χ0) is 19.4. The van der Waals surface area contributed by atoms with E-state index >= 15 is 0 Å². The van der Waals surface area contributed by atoms with Gasteiger partial charge in [-0.1, -0.05) is 29.3 Å². The minimum absolute atomic E-state index is 0.0186. The number of hydrogen-bond acceptors (Lipinski definition) is 5. The van der Waals surface area contributed by atoms with Gasteiger partial charge in [0.2, 0.25) is 0 Å². The molecule has 0 radical (unpaired) electrons. The van der Waals surface area contributed by atoms with Crippen LogP contribution in [0.3, 0.4) is 0 Å². The molecule has 8 heteroatoms. The van der Waals surface area contributed by atoms with Crippen LogP contribution in [-0.2, 0) is 16.1 Å². The van der Waals surface area contributed by atoms with Gasteiger partial charge in [0, 0.05) is 18.5 Å². The zero-order valence-corrected chi connectivity index (χ0v) is 16.1. The summed E-state index contributed by atoms with van der Waals surface area (Å²) < 4.78 is 17.3. The van der Waals surface area contributed by atoms with Crippen molar-refractivity contribution < 1.29 is 19.0 Å². The molecule has 0 bridgehead atoms. The van der Waals surface area contributed by atoms with Crippen LogP contribution in [0.25, 0.3) is 11.7 Å². The lowest BCUT2D eigenvalue weighted by Crippen LogP contribution is -2.00. The number of methoxy groups -OCH3 is 2. The van der Waals surface area contributed by atoms with Crippen molar-refractivity contribution in [3.63, 3.8) is 0 Å². The fraction of sp³-hybridized carbons (Fsp3) is 0.158. The van der Waals surface area contributed by atoms with Gasteiger partial charge >= 0.3 is 5.97 Å². The van der Waals surface area contributed by atoms with Crippen LogP contribution in [-0.4, -0.2) is 29.6 Å². The Kier molecular flexibility index (Phi) is 5.88. The third-order valence-corrected chi connectivity index (χ3v) is 4.19. The molecular formula is C19H16Cl2N2O4. The van der Waals surface area contributed by atoms with Gasteiger partial charge in [-0.15, -0.1) is 0 Å². The average molecular weight is 407 g/mol. The van der Waals surface area contributed by atoms with Crippen LogP contribution in [0, 0.1) is 0 Å². The van der Waals surface area contributed by atoms with Crippen LogP contribution >= 0.6 is 23.2 Å². The molecule has 0 aliphatic rings. The molecule has 2 heterocycles. The molecule has 0 amide bonds. The molecule has 1 aromatic carbocycles. The molecule has 0 aliphatic carbocycles. The largest absolute Gasteiger partial charge is 0.493 e. The fourth-order valence-electron chi connectivity index (χ4n) is 2.46. The molecule has 0 saturated carbocycles. The molecule has 0 saturated heterocycles. The predicted octanol–water partition coefficient (Wildman–Crippen LogP) is 4.41. The Bertz CT molecular complexity index is 1010. The summed E-state index contributed by atoms with van der Waals surface area (Å²) in [5, 5.41) is 0.916. The number of halogens is 2. The molecule has 6 nitrogen and oxygen atoms in total. The molecule has 0 atom stereocenters. The number of carbonyl (C=O) groups is 1. The standard InChI is InChI=1S/C19H16Cl2N2O4/c1-25-16-5-3-12(7-17(16)26-2)4-6-18(24)27-11-14-10-23-9-13(20)8-15(21)19(23)22-14/h3-10H,11H2,1-2H3. The van der Waals surface area contributed by atoms with Crippen molar-refractivity contribution >= 4 is 40.9 Å².